The summed E-state index contributed by atoms with van der Waals surface area (Å²) in [6.07, 6.45) is -0.908. The number of non-ortho nitro benzene ring substituents is 1. The zero-order valence-electron chi connectivity index (χ0n) is 25.7. The molecule has 0 bridgehead atoms. The molecule has 226 valence electrons. The van der Waals surface area contributed by atoms with Gasteiger partial charge in [0, 0.05) is 35.4 Å². The molecule has 1 heterocycles. The van der Waals surface area contributed by atoms with E-state index < -0.39 is 25.5 Å². The Kier molecular flexibility index (Phi) is 10.7. The van der Waals surface area contributed by atoms with Crippen molar-refractivity contribution in [1.82, 2.24) is 0 Å². The van der Waals surface area contributed by atoms with Crippen LogP contribution in [-0.4, -0.2) is 51.7 Å². The SMILES string of the molecule is COc1ccc(C2OC[C@H](C)[C@@H]([C@@H](C)[C@H](O[Si](C)(C)C(C)(C)C)[C@@H](C)COC(=O)c3ccc([N+](=O)[O-])cc3)O2)cc1. The molecule has 10 heteroatoms. The minimum Gasteiger partial charge on any atom is -0.497 e. The number of rotatable bonds is 11. The quantitative estimate of drug-likeness (QED) is 0.118. The molecule has 0 aliphatic carbocycles. The summed E-state index contributed by atoms with van der Waals surface area (Å²) in [7, 11) is -0.579. The number of nitrogens with zero attached hydrogens (tertiary/aromatic N) is 1. The van der Waals surface area contributed by atoms with Crippen LogP contribution in [0.2, 0.25) is 18.1 Å². The van der Waals surface area contributed by atoms with Gasteiger partial charge in [-0.25, -0.2) is 4.79 Å². The highest BCUT2D eigenvalue weighted by molar-refractivity contribution is 6.74. The average molecular weight is 588 g/mol. The molecule has 2 aromatic rings. The second-order valence-electron chi connectivity index (χ2n) is 12.6. The van der Waals surface area contributed by atoms with E-state index in [1.54, 1.807) is 7.11 Å². The minimum atomic E-state index is -2.21. The van der Waals surface area contributed by atoms with Crippen LogP contribution in [0.5, 0.6) is 5.75 Å². The lowest BCUT2D eigenvalue weighted by atomic mass is 9.84. The van der Waals surface area contributed by atoms with E-state index >= 15 is 0 Å². The average Bonchev–Trinajstić information content (AvgIpc) is 2.94. The van der Waals surface area contributed by atoms with Gasteiger partial charge < -0.3 is 23.4 Å². The highest BCUT2D eigenvalue weighted by Gasteiger charge is 2.45. The Labute approximate surface area is 244 Å². The van der Waals surface area contributed by atoms with E-state index in [-0.39, 0.29) is 52.9 Å². The molecule has 0 radical (unpaired) electrons. The Morgan fingerprint density at radius 2 is 1.71 bits per heavy atom. The van der Waals surface area contributed by atoms with Crippen molar-refractivity contribution in [3.63, 3.8) is 0 Å². The zero-order chi connectivity index (χ0) is 30.5. The van der Waals surface area contributed by atoms with Gasteiger partial charge in [0.25, 0.3) is 5.69 Å². The maximum absolute atomic E-state index is 12.8. The lowest BCUT2D eigenvalue weighted by Gasteiger charge is -2.46. The molecule has 0 amide bonds. The summed E-state index contributed by atoms with van der Waals surface area (Å²) in [6, 6.07) is 13.1. The number of nitro groups is 1. The van der Waals surface area contributed by atoms with Crippen molar-refractivity contribution in [1.29, 1.82) is 0 Å². The number of nitro benzene ring substituents is 1. The van der Waals surface area contributed by atoms with Crippen molar-refractivity contribution in [2.75, 3.05) is 20.3 Å². The Hall–Kier alpha value is -2.79. The van der Waals surface area contributed by atoms with Crippen LogP contribution in [0.15, 0.2) is 48.5 Å². The Morgan fingerprint density at radius 1 is 1.10 bits per heavy atom. The normalized spacial score (nSPS) is 21.9. The van der Waals surface area contributed by atoms with Crippen LogP contribution in [0.25, 0.3) is 0 Å². The van der Waals surface area contributed by atoms with Crippen LogP contribution in [-0.2, 0) is 18.6 Å². The van der Waals surface area contributed by atoms with Gasteiger partial charge in [0.2, 0.25) is 0 Å². The van der Waals surface area contributed by atoms with Crippen LogP contribution < -0.4 is 4.74 Å². The Morgan fingerprint density at radius 3 is 2.24 bits per heavy atom. The molecule has 9 nitrogen and oxygen atoms in total. The fourth-order valence-electron chi connectivity index (χ4n) is 4.78. The first-order valence-electron chi connectivity index (χ1n) is 14.1. The van der Waals surface area contributed by atoms with Gasteiger partial charge in [-0.15, -0.1) is 0 Å². The summed E-state index contributed by atoms with van der Waals surface area (Å²) in [4.78, 5) is 23.2. The highest BCUT2D eigenvalue weighted by Crippen LogP contribution is 2.42. The largest absolute Gasteiger partial charge is 0.497 e. The number of ether oxygens (including phenoxy) is 4. The number of carbonyl (C=O) groups is 1. The lowest BCUT2D eigenvalue weighted by molar-refractivity contribution is -0.384. The van der Waals surface area contributed by atoms with Crippen LogP contribution >= 0.6 is 0 Å². The Balaban J connectivity index is 1.79. The molecule has 1 aliphatic rings. The molecule has 3 rings (SSSR count). The molecule has 0 aromatic heterocycles. The van der Waals surface area contributed by atoms with E-state index in [1.165, 1.54) is 24.3 Å². The van der Waals surface area contributed by atoms with Gasteiger partial charge >= 0.3 is 5.97 Å². The molecule has 1 aliphatic heterocycles. The maximum Gasteiger partial charge on any atom is 0.338 e. The van der Waals surface area contributed by atoms with Crippen LogP contribution in [0.4, 0.5) is 5.69 Å². The summed E-state index contributed by atoms with van der Waals surface area (Å²) in [5.41, 5.74) is 1.10. The van der Waals surface area contributed by atoms with Crippen molar-refractivity contribution in [2.45, 2.75) is 78.2 Å². The molecule has 0 spiro atoms. The summed E-state index contributed by atoms with van der Waals surface area (Å²) in [5, 5.41) is 10.9. The van der Waals surface area contributed by atoms with Gasteiger partial charge in [-0.3, -0.25) is 10.1 Å². The van der Waals surface area contributed by atoms with Crippen LogP contribution in [0.3, 0.4) is 0 Å². The molecule has 1 fully saturated rings. The first kappa shape index (κ1) is 32.7. The molecule has 0 saturated carbocycles. The molecule has 0 N–H and O–H groups in total. The molecule has 1 saturated heterocycles. The van der Waals surface area contributed by atoms with E-state index in [4.69, 9.17) is 23.4 Å². The number of hydrogen-bond donors (Lipinski definition) is 0. The predicted octanol–water partition coefficient (Wildman–Crippen LogP) is 7.17. The number of esters is 1. The first-order valence-corrected chi connectivity index (χ1v) is 17.1. The van der Waals surface area contributed by atoms with Crippen molar-refractivity contribution < 1.29 is 33.1 Å². The maximum atomic E-state index is 12.8. The molecule has 6 atom stereocenters. The van der Waals surface area contributed by atoms with Gasteiger partial charge in [0.1, 0.15) is 5.75 Å². The fraction of sp³-hybridized carbons (Fsp3) is 0.581. The zero-order valence-corrected chi connectivity index (χ0v) is 26.7. The third-order valence-corrected chi connectivity index (χ3v) is 12.8. The minimum absolute atomic E-state index is 0.0199. The molecular formula is C31H45NO8Si. The van der Waals surface area contributed by atoms with Crippen LogP contribution in [0, 0.1) is 27.9 Å². The second kappa shape index (κ2) is 13.5. The summed E-state index contributed by atoms with van der Waals surface area (Å²) in [6.45, 7) is 18.0. The van der Waals surface area contributed by atoms with E-state index in [0.29, 0.717) is 6.61 Å². The van der Waals surface area contributed by atoms with E-state index in [2.05, 4.69) is 47.7 Å². The third kappa shape index (κ3) is 8.15. The van der Waals surface area contributed by atoms with Crippen molar-refractivity contribution in [3.05, 3.63) is 69.8 Å². The summed E-state index contributed by atoms with van der Waals surface area (Å²) in [5.74, 6) is 0.194. The van der Waals surface area contributed by atoms with E-state index in [1.807, 2.05) is 31.2 Å². The lowest BCUT2D eigenvalue weighted by Crippen LogP contribution is -2.52. The number of methoxy groups -OCH3 is 1. The molecule has 2 aromatic carbocycles. The second-order valence-corrected chi connectivity index (χ2v) is 17.4. The Bertz CT molecular complexity index is 1160. The molecule has 41 heavy (non-hydrogen) atoms. The number of carbonyl (C=O) groups excluding carboxylic acids is 1. The monoisotopic (exact) mass is 587 g/mol. The standard InChI is InChI=1S/C31H45NO8Si/c1-20-19-38-30(24-12-16-26(36-7)17-13-24)39-27(20)22(3)28(40-41(8,9)31(4,5)6)21(2)18-37-29(33)23-10-14-25(15-11-23)32(34)35/h10-17,20-22,27-28,30H,18-19H2,1-9H3/t20-,21-,22+,27-,28+,30?/m0/s1. The molecule has 1 unspecified atom stereocenters. The van der Waals surface area contributed by atoms with Crippen LogP contribution in [0.1, 0.15) is 63.8 Å². The smallest absolute Gasteiger partial charge is 0.338 e. The topological polar surface area (TPSA) is 106 Å². The van der Waals surface area contributed by atoms with E-state index in [9.17, 15) is 14.9 Å². The van der Waals surface area contributed by atoms with Gasteiger partial charge in [-0.1, -0.05) is 53.7 Å². The predicted molar refractivity (Wildman–Crippen MR) is 160 cm³/mol. The highest BCUT2D eigenvalue weighted by atomic mass is 28.4. The van der Waals surface area contributed by atoms with Gasteiger partial charge in [0.05, 0.1) is 43.0 Å². The third-order valence-electron chi connectivity index (χ3n) is 8.37. The summed E-state index contributed by atoms with van der Waals surface area (Å²) >= 11 is 0. The van der Waals surface area contributed by atoms with Crippen molar-refractivity contribution >= 4 is 20.0 Å². The van der Waals surface area contributed by atoms with Crippen molar-refractivity contribution in [3.8, 4) is 5.75 Å². The van der Waals surface area contributed by atoms with Gasteiger partial charge in [-0.05, 0) is 42.4 Å². The molecular weight excluding hydrogens is 542 g/mol. The van der Waals surface area contributed by atoms with Gasteiger partial charge in [-0.2, -0.15) is 0 Å². The number of hydrogen-bond acceptors (Lipinski definition) is 8. The van der Waals surface area contributed by atoms with Crippen molar-refractivity contribution in [2.24, 2.45) is 17.8 Å². The van der Waals surface area contributed by atoms with Gasteiger partial charge in [0.15, 0.2) is 14.6 Å². The summed E-state index contributed by atoms with van der Waals surface area (Å²) < 4.78 is 30.7. The number of benzene rings is 2. The van der Waals surface area contributed by atoms with E-state index in [0.717, 1.165) is 11.3 Å². The fourth-order valence-corrected chi connectivity index (χ4v) is 6.26. The first-order chi connectivity index (χ1) is 19.1.